The molecule has 0 saturated heterocycles. The van der Waals surface area contributed by atoms with Crippen LogP contribution in [0.15, 0.2) is 33.8 Å². The SMILES string of the molecule is CC(=O)CCn1cnc2sc(C)c(-c3cc(C)ccc3Br)c2c1=O. The molecule has 0 unspecified atom stereocenters. The first-order valence-corrected chi connectivity index (χ1v) is 9.24. The van der Waals surface area contributed by atoms with E-state index in [0.29, 0.717) is 18.4 Å². The Labute approximate surface area is 152 Å². The van der Waals surface area contributed by atoms with Crippen molar-refractivity contribution in [3.63, 3.8) is 0 Å². The normalized spacial score (nSPS) is 11.2. The minimum absolute atomic E-state index is 0.0603. The highest BCUT2D eigenvalue weighted by atomic mass is 79.9. The van der Waals surface area contributed by atoms with E-state index in [-0.39, 0.29) is 11.3 Å². The van der Waals surface area contributed by atoms with Crippen LogP contribution in [-0.4, -0.2) is 15.3 Å². The number of carbonyl (C=O) groups excluding carboxylic acids is 1. The van der Waals surface area contributed by atoms with Crippen LogP contribution in [0.5, 0.6) is 0 Å². The van der Waals surface area contributed by atoms with Gasteiger partial charge < -0.3 is 0 Å². The summed E-state index contributed by atoms with van der Waals surface area (Å²) in [7, 11) is 0. The first kappa shape index (κ1) is 17.0. The molecule has 0 N–H and O–H groups in total. The molecule has 0 aliphatic heterocycles. The van der Waals surface area contributed by atoms with Crippen LogP contribution in [0.3, 0.4) is 0 Å². The van der Waals surface area contributed by atoms with Gasteiger partial charge in [-0.1, -0.05) is 33.6 Å². The van der Waals surface area contributed by atoms with Gasteiger partial charge in [0, 0.05) is 27.9 Å². The van der Waals surface area contributed by atoms with Crippen LogP contribution in [0.1, 0.15) is 23.8 Å². The fraction of sp³-hybridized carbons (Fsp3) is 0.278. The van der Waals surface area contributed by atoms with E-state index in [0.717, 1.165) is 30.9 Å². The van der Waals surface area contributed by atoms with Gasteiger partial charge in [-0.25, -0.2) is 4.98 Å². The van der Waals surface area contributed by atoms with Crippen LogP contribution in [0.25, 0.3) is 21.3 Å². The molecule has 6 heteroatoms. The number of rotatable bonds is 4. The van der Waals surface area contributed by atoms with Gasteiger partial charge in [0.15, 0.2) is 0 Å². The number of nitrogens with zero attached hydrogens (tertiary/aromatic N) is 2. The predicted octanol–water partition coefficient (Wildman–Crippen LogP) is 4.48. The molecule has 124 valence electrons. The van der Waals surface area contributed by atoms with E-state index in [9.17, 15) is 9.59 Å². The number of benzene rings is 1. The molecular formula is C18H17BrN2O2S. The van der Waals surface area contributed by atoms with Crippen molar-refractivity contribution in [1.82, 2.24) is 9.55 Å². The summed E-state index contributed by atoms with van der Waals surface area (Å²) in [5.74, 6) is 0.0603. The molecule has 0 aliphatic rings. The number of hydrogen-bond acceptors (Lipinski definition) is 4. The van der Waals surface area contributed by atoms with Gasteiger partial charge in [-0.3, -0.25) is 14.2 Å². The number of aromatic nitrogens is 2. The number of ketones is 1. The van der Waals surface area contributed by atoms with E-state index < -0.39 is 0 Å². The van der Waals surface area contributed by atoms with Crippen LogP contribution in [0, 0.1) is 13.8 Å². The fourth-order valence-electron chi connectivity index (χ4n) is 2.73. The number of fused-ring (bicyclic) bond motifs is 1. The lowest BCUT2D eigenvalue weighted by Crippen LogP contribution is -2.21. The third-order valence-corrected chi connectivity index (χ3v) is 5.66. The Bertz CT molecular complexity index is 1000. The van der Waals surface area contributed by atoms with Crippen LogP contribution in [-0.2, 0) is 11.3 Å². The Balaban J connectivity index is 2.26. The lowest BCUT2D eigenvalue weighted by Gasteiger charge is -2.08. The highest BCUT2D eigenvalue weighted by Gasteiger charge is 2.18. The van der Waals surface area contributed by atoms with Crippen molar-refractivity contribution < 1.29 is 4.79 Å². The molecule has 3 aromatic rings. The van der Waals surface area contributed by atoms with E-state index >= 15 is 0 Å². The average Bonchev–Trinajstić information content (AvgIpc) is 2.86. The molecule has 3 rings (SSSR count). The fourth-order valence-corrected chi connectivity index (χ4v) is 4.17. The molecule has 0 aliphatic carbocycles. The van der Waals surface area contributed by atoms with Gasteiger partial charge in [0.05, 0.1) is 11.7 Å². The summed E-state index contributed by atoms with van der Waals surface area (Å²) in [4.78, 5) is 30.4. The van der Waals surface area contributed by atoms with E-state index in [1.54, 1.807) is 6.33 Å². The van der Waals surface area contributed by atoms with Crippen LogP contribution >= 0.6 is 27.3 Å². The van der Waals surface area contributed by atoms with Crippen molar-refractivity contribution >= 4 is 43.3 Å². The summed E-state index contributed by atoms with van der Waals surface area (Å²) in [6.07, 6.45) is 1.87. The summed E-state index contributed by atoms with van der Waals surface area (Å²) in [6, 6.07) is 6.10. The second-order valence-electron chi connectivity index (χ2n) is 5.89. The highest BCUT2D eigenvalue weighted by molar-refractivity contribution is 9.10. The zero-order chi connectivity index (χ0) is 17.4. The molecule has 0 fully saturated rings. The average molecular weight is 405 g/mol. The third kappa shape index (κ3) is 3.08. The molecule has 1 aromatic carbocycles. The first-order valence-electron chi connectivity index (χ1n) is 7.63. The number of thiophene rings is 1. The van der Waals surface area contributed by atoms with Gasteiger partial charge in [0.1, 0.15) is 10.6 Å². The molecular weight excluding hydrogens is 388 g/mol. The third-order valence-electron chi connectivity index (χ3n) is 3.95. The monoisotopic (exact) mass is 404 g/mol. The summed E-state index contributed by atoms with van der Waals surface area (Å²) in [6.45, 7) is 5.93. The van der Waals surface area contributed by atoms with Crippen molar-refractivity contribution in [3.05, 3.63) is 49.8 Å². The molecule has 24 heavy (non-hydrogen) atoms. The Kier molecular flexibility index (Phi) is 4.69. The molecule has 4 nitrogen and oxygen atoms in total. The van der Waals surface area contributed by atoms with E-state index in [4.69, 9.17) is 0 Å². The van der Waals surface area contributed by atoms with Crippen LogP contribution in [0.2, 0.25) is 0 Å². The highest BCUT2D eigenvalue weighted by Crippen LogP contribution is 2.39. The number of aryl methyl sites for hydroxylation is 3. The second-order valence-corrected chi connectivity index (χ2v) is 7.95. The molecule has 0 bridgehead atoms. The summed E-state index contributed by atoms with van der Waals surface area (Å²) in [5, 5.41) is 0.634. The maximum atomic E-state index is 12.9. The van der Waals surface area contributed by atoms with Gasteiger partial charge in [0.2, 0.25) is 0 Å². The molecule has 0 saturated carbocycles. The maximum absolute atomic E-state index is 12.9. The number of carbonyl (C=O) groups is 1. The maximum Gasteiger partial charge on any atom is 0.262 e. The topological polar surface area (TPSA) is 52.0 Å². The Morgan fingerprint density at radius 2 is 2.08 bits per heavy atom. The lowest BCUT2D eigenvalue weighted by molar-refractivity contribution is -0.117. The van der Waals surface area contributed by atoms with Crippen molar-refractivity contribution in [1.29, 1.82) is 0 Å². The molecule has 0 amide bonds. The van der Waals surface area contributed by atoms with Gasteiger partial charge in [0.25, 0.3) is 5.56 Å². The van der Waals surface area contributed by atoms with Gasteiger partial charge >= 0.3 is 0 Å². The molecule has 2 aromatic heterocycles. The zero-order valence-electron chi connectivity index (χ0n) is 13.7. The molecule has 0 spiro atoms. The van der Waals surface area contributed by atoms with E-state index in [1.165, 1.54) is 22.8 Å². The predicted molar refractivity (Wildman–Crippen MR) is 102 cm³/mol. The number of hydrogen-bond donors (Lipinski definition) is 0. The number of Topliss-reactive ketones (excluding diaryl/α,β-unsaturated/α-hetero) is 1. The first-order chi connectivity index (χ1) is 11.4. The minimum atomic E-state index is -0.0889. The quantitative estimate of drug-likeness (QED) is 0.643. The summed E-state index contributed by atoms with van der Waals surface area (Å²) >= 11 is 5.12. The Hall–Kier alpha value is -1.79. The van der Waals surface area contributed by atoms with E-state index in [1.807, 2.05) is 26.0 Å². The Morgan fingerprint density at radius 1 is 1.33 bits per heavy atom. The van der Waals surface area contributed by atoms with E-state index in [2.05, 4.69) is 27.0 Å². The number of halogens is 1. The second kappa shape index (κ2) is 6.61. The smallest absolute Gasteiger partial charge is 0.262 e. The van der Waals surface area contributed by atoms with Crippen molar-refractivity contribution in [3.8, 4) is 11.1 Å². The summed E-state index contributed by atoms with van der Waals surface area (Å²) in [5.41, 5.74) is 2.98. The standard InChI is InChI=1S/C18H17BrN2O2S/c1-10-4-5-14(19)13(8-10)15-12(3)24-17-16(15)18(23)21(9-20-17)7-6-11(2)22/h4-5,8-9H,6-7H2,1-3H3. The zero-order valence-corrected chi connectivity index (χ0v) is 16.1. The minimum Gasteiger partial charge on any atom is -0.300 e. The van der Waals surface area contributed by atoms with Crippen molar-refractivity contribution in [2.24, 2.45) is 0 Å². The van der Waals surface area contributed by atoms with Crippen LogP contribution in [0.4, 0.5) is 0 Å². The van der Waals surface area contributed by atoms with Gasteiger partial charge in [-0.2, -0.15) is 0 Å². The van der Waals surface area contributed by atoms with Gasteiger partial charge in [-0.05, 0) is 32.4 Å². The van der Waals surface area contributed by atoms with Crippen molar-refractivity contribution in [2.45, 2.75) is 33.7 Å². The van der Waals surface area contributed by atoms with Crippen LogP contribution < -0.4 is 5.56 Å². The lowest BCUT2D eigenvalue weighted by atomic mass is 10.0. The van der Waals surface area contributed by atoms with Crippen molar-refractivity contribution in [2.75, 3.05) is 0 Å². The largest absolute Gasteiger partial charge is 0.300 e. The molecule has 2 heterocycles. The van der Waals surface area contributed by atoms with Gasteiger partial charge in [-0.15, -0.1) is 11.3 Å². The molecule has 0 atom stereocenters. The Morgan fingerprint density at radius 3 is 2.79 bits per heavy atom. The molecule has 0 radical (unpaired) electrons. The summed E-state index contributed by atoms with van der Waals surface area (Å²) < 4.78 is 2.48.